The van der Waals surface area contributed by atoms with Crippen LogP contribution >= 0.6 is 0 Å². The van der Waals surface area contributed by atoms with E-state index in [0.717, 1.165) is 12.1 Å². The molecule has 31 heavy (non-hydrogen) atoms. The predicted octanol–water partition coefficient (Wildman–Crippen LogP) is 2.41. The molecule has 0 radical (unpaired) electrons. The van der Waals surface area contributed by atoms with E-state index in [1.807, 2.05) is 0 Å². The van der Waals surface area contributed by atoms with Crippen molar-refractivity contribution in [2.75, 3.05) is 13.1 Å². The Balaban J connectivity index is 1.57. The molecule has 1 fully saturated rings. The van der Waals surface area contributed by atoms with Gasteiger partial charge >= 0.3 is 0 Å². The molecule has 2 amide bonds. The number of β-amino-alcohol motifs (C(OH)–C–C–N with tert-alkyl or cyclic N) is 1. The first-order valence-corrected chi connectivity index (χ1v) is 9.81. The number of H-pyrrole nitrogens is 1. The molecule has 1 aliphatic rings. The van der Waals surface area contributed by atoms with E-state index in [2.05, 4.69) is 15.6 Å². The summed E-state index contributed by atoms with van der Waals surface area (Å²) in [6.07, 6.45) is -0.765. The molecule has 0 aliphatic carbocycles. The summed E-state index contributed by atoms with van der Waals surface area (Å²) in [5, 5.41) is 15.1. The number of halogens is 3. The predicted molar refractivity (Wildman–Crippen MR) is 107 cm³/mol. The Bertz CT molecular complexity index is 1140. The number of fused-ring (bicyclic) bond motifs is 1. The molecule has 4 N–H and O–H groups in total. The Morgan fingerprint density at radius 3 is 2.55 bits per heavy atom. The normalized spacial score (nSPS) is 18.4. The molecular formula is C22H20F3N3O3. The topological polar surface area (TPSA) is 94.2 Å². The maximum Gasteiger partial charge on any atom is 0.227 e. The number of nitrogens with one attached hydrogen (secondary N) is 3. The Labute approximate surface area is 175 Å². The molecule has 4 rings (SSSR count). The lowest BCUT2D eigenvalue weighted by Gasteiger charge is -2.12. The number of hydrogen-bond acceptors (Lipinski definition) is 3. The van der Waals surface area contributed by atoms with Gasteiger partial charge in [-0.2, -0.15) is 0 Å². The van der Waals surface area contributed by atoms with Crippen LogP contribution in [0.3, 0.4) is 0 Å². The van der Waals surface area contributed by atoms with Crippen LogP contribution in [0, 0.1) is 23.4 Å². The molecule has 0 bridgehead atoms. The minimum Gasteiger partial charge on any atom is -0.390 e. The van der Waals surface area contributed by atoms with E-state index >= 15 is 0 Å². The van der Waals surface area contributed by atoms with Gasteiger partial charge in [-0.15, -0.1) is 0 Å². The molecule has 3 aromatic rings. The van der Waals surface area contributed by atoms with Crippen LogP contribution in [0.25, 0.3) is 22.2 Å². The van der Waals surface area contributed by atoms with Crippen LogP contribution < -0.4 is 10.6 Å². The number of carbonyl (C=O) groups excluding carboxylic acids is 2. The first-order chi connectivity index (χ1) is 14.8. The van der Waals surface area contributed by atoms with Gasteiger partial charge < -0.3 is 20.7 Å². The number of rotatable bonds is 6. The fourth-order valence-electron chi connectivity index (χ4n) is 3.86. The molecular weight excluding hydrogens is 411 g/mol. The number of aryl methyl sites for hydroxylation is 1. The van der Waals surface area contributed by atoms with Crippen molar-refractivity contribution >= 4 is 22.7 Å². The number of aliphatic hydroxyl groups is 1. The molecule has 2 aromatic carbocycles. The lowest BCUT2D eigenvalue weighted by molar-refractivity contribution is -0.124. The van der Waals surface area contributed by atoms with E-state index in [1.165, 1.54) is 24.3 Å². The molecule has 162 valence electrons. The zero-order valence-electron chi connectivity index (χ0n) is 16.3. The summed E-state index contributed by atoms with van der Waals surface area (Å²) in [5.41, 5.74) is 1.74. The fourth-order valence-corrected chi connectivity index (χ4v) is 3.86. The van der Waals surface area contributed by atoms with Gasteiger partial charge in [0.15, 0.2) is 0 Å². The summed E-state index contributed by atoms with van der Waals surface area (Å²) >= 11 is 0. The average Bonchev–Trinajstić information content (AvgIpc) is 3.25. The third-order valence-electron chi connectivity index (χ3n) is 5.46. The molecule has 9 heteroatoms. The maximum atomic E-state index is 14.6. The minimum absolute atomic E-state index is 0.00981. The van der Waals surface area contributed by atoms with Gasteiger partial charge in [0.1, 0.15) is 17.5 Å². The van der Waals surface area contributed by atoms with E-state index in [1.54, 1.807) is 0 Å². The highest BCUT2D eigenvalue weighted by Gasteiger charge is 2.33. The zero-order chi connectivity index (χ0) is 22.1. The number of amides is 2. The van der Waals surface area contributed by atoms with E-state index in [0.29, 0.717) is 16.8 Å². The number of aromatic amines is 1. The Morgan fingerprint density at radius 2 is 1.87 bits per heavy atom. The monoisotopic (exact) mass is 431 g/mol. The van der Waals surface area contributed by atoms with Gasteiger partial charge in [0.2, 0.25) is 11.8 Å². The number of benzene rings is 2. The molecule has 2 heterocycles. The summed E-state index contributed by atoms with van der Waals surface area (Å²) in [5.74, 6) is -3.36. The van der Waals surface area contributed by atoms with Crippen molar-refractivity contribution in [3.8, 4) is 11.3 Å². The van der Waals surface area contributed by atoms with Crippen molar-refractivity contribution < 1.29 is 27.9 Å². The van der Waals surface area contributed by atoms with E-state index in [4.69, 9.17) is 0 Å². The van der Waals surface area contributed by atoms with Crippen molar-refractivity contribution in [2.24, 2.45) is 5.92 Å². The molecule has 2 atom stereocenters. The third kappa shape index (κ3) is 4.27. The van der Waals surface area contributed by atoms with Crippen molar-refractivity contribution in [3.05, 3.63) is 59.4 Å². The first-order valence-electron chi connectivity index (χ1n) is 9.81. The minimum atomic E-state index is -0.865. The summed E-state index contributed by atoms with van der Waals surface area (Å²) in [7, 11) is 0. The summed E-state index contributed by atoms with van der Waals surface area (Å²) < 4.78 is 41.6. The zero-order valence-corrected chi connectivity index (χ0v) is 16.3. The van der Waals surface area contributed by atoms with Crippen molar-refractivity contribution in [3.63, 3.8) is 0 Å². The Hall–Kier alpha value is -3.33. The van der Waals surface area contributed by atoms with Crippen LogP contribution in [0.15, 0.2) is 36.4 Å². The van der Waals surface area contributed by atoms with Crippen LogP contribution in [0.5, 0.6) is 0 Å². The van der Waals surface area contributed by atoms with Crippen LogP contribution in [0.4, 0.5) is 13.2 Å². The highest BCUT2D eigenvalue weighted by atomic mass is 19.1. The van der Waals surface area contributed by atoms with Gasteiger partial charge in [-0.05, 0) is 47.9 Å². The number of aromatic nitrogens is 1. The van der Waals surface area contributed by atoms with Crippen molar-refractivity contribution in [1.82, 2.24) is 15.6 Å². The van der Waals surface area contributed by atoms with E-state index < -0.39 is 29.5 Å². The van der Waals surface area contributed by atoms with Crippen molar-refractivity contribution in [1.29, 1.82) is 0 Å². The van der Waals surface area contributed by atoms with Gasteiger partial charge in [0.05, 0.1) is 17.5 Å². The summed E-state index contributed by atoms with van der Waals surface area (Å²) in [6.45, 7) is 0.135. The van der Waals surface area contributed by atoms with Crippen molar-refractivity contribution in [2.45, 2.75) is 18.9 Å². The molecule has 0 unspecified atom stereocenters. The molecule has 0 saturated carbocycles. The SMILES string of the molecule is O=C(CCc1c(-c2ccc(F)cc2)[nH]c2cc(F)cc(F)c12)NC[C@@H]1C(=O)NC[C@H]1O. The van der Waals surface area contributed by atoms with Crippen LogP contribution in [0.2, 0.25) is 0 Å². The maximum absolute atomic E-state index is 14.6. The summed E-state index contributed by atoms with van der Waals surface area (Å²) in [6, 6.07) is 7.47. The second-order valence-corrected chi connectivity index (χ2v) is 7.52. The van der Waals surface area contributed by atoms with E-state index in [9.17, 15) is 27.9 Å². The lowest BCUT2D eigenvalue weighted by Crippen LogP contribution is -2.36. The van der Waals surface area contributed by atoms with E-state index in [-0.39, 0.29) is 48.6 Å². The van der Waals surface area contributed by atoms with Gasteiger partial charge in [-0.3, -0.25) is 9.59 Å². The Kier molecular flexibility index (Phi) is 5.69. The molecule has 1 aliphatic heterocycles. The number of aliphatic hydroxyl groups excluding tert-OH is 1. The van der Waals surface area contributed by atoms with Gasteiger partial charge in [0.25, 0.3) is 0 Å². The highest BCUT2D eigenvalue weighted by molar-refractivity contribution is 5.92. The van der Waals surface area contributed by atoms with Crippen LogP contribution in [-0.4, -0.2) is 41.1 Å². The van der Waals surface area contributed by atoms with Gasteiger partial charge in [-0.1, -0.05) is 0 Å². The highest BCUT2D eigenvalue weighted by Crippen LogP contribution is 2.33. The smallest absolute Gasteiger partial charge is 0.227 e. The molecule has 6 nitrogen and oxygen atoms in total. The van der Waals surface area contributed by atoms with Crippen LogP contribution in [-0.2, 0) is 16.0 Å². The van der Waals surface area contributed by atoms with Crippen LogP contribution in [0.1, 0.15) is 12.0 Å². The fraction of sp³-hybridized carbons (Fsp3) is 0.273. The lowest BCUT2D eigenvalue weighted by atomic mass is 10.0. The third-order valence-corrected chi connectivity index (χ3v) is 5.46. The quantitative estimate of drug-likeness (QED) is 0.483. The second kappa shape index (κ2) is 8.43. The largest absolute Gasteiger partial charge is 0.390 e. The number of carbonyl (C=O) groups is 2. The first kappa shape index (κ1) is 20.9. The molecule has 1 saturated heterocycles. The molecule has 0 spiro atoms. The average molecular weight is 431 g/mol. The Morgan fingerprint density at radius 1 is 1.13 bits per heavy atom. The second-order valence-electron chi connectivity index (χ2n) is 7.52. The number of hydrogen-bond donors (Lipinski definition) is 4. The standard InChI is InChI=1S/C22H20F3N3O3/c23-12-3-1-11(2-4-12)21-14(20-16(25)7-13(24)8-17(20)28-21)5-6-19(30)26-9-15-18(29)10-27-22(15)31/h1-4,7-8,15,18,28-29H,5-6,9-10H2,(H,26,30)(H,27,31)/t15-,18+/m0/s1. The van der Waals surface area contributed by atoms with Gasteiger partial charge in [0, 0.05) is 36.7 Å². The summed E-state index contributed by atoms with van der Waals surface area (Å²) in [4.78, 5) is 27.0. The van der Waals surface area contributed by atoms with Gasteiger partial charge in [-0.25, -0.2) is 13.2 Å². The molecule has 1 aromatic heterocycles.